The van der Waals surface area contributed by atoms with Crippen molar-refractivity contribution in [2.24, 2.45) is 0 Å². The molecule has 0 saturated carbocycles. The number of amides is 1. The minimum Gasteiger partial charge on any atom is -0.356 e. The molecule has 0 bridgehead atoms. The number of anilines is 1. The largest absolute Gasteiger partial charge is 0.356 e. The van der Waals surface area contributed by atoms with Crippen molar-refractivity contribution in [1.29, 1.82) is 0 Å². The van der Waals surface area contributed by atoms with Crippen LogP contribution in [0.2, 0.25) is 0 Å². The number of aromatic nitrogens is 2. The lowest BCUT2D eigenvalue weighted by Gasteiger charge is -2.31. The summed E-state index contributed by atoms with van der Waals surface area (Å²) in [6, 6.07) is 0. The number of aryl methyl sites for hydroxylation is 1. The van der Waals surface area contributed by atoms with Crippen LogP contribution in [0.4, 0.5) is 5.82 Å². The van der Waals surface area contributed by atoms with Crippen LogP contribution in [0.1, 0.15) is 69.0 Å². The Morgan fingerprint density at radius 1 is 1.08 bits per heavy atom. The zero-order valence-electron chi connectivity index (χ0n) is 15.2. The van der Waals surface area contributed by atoms with E-state index in [0.29, 0.717) is 18.9 Å². The molecular weight excluding hydrogens is 300 g/mol. The van der Waals surface area contributed by atoms with E-state index in [2.05, 4.69) is 16.8 Å². The normalized spacial score (nSPS) is 17.2. The highest BCUT2D eigenvalue weighted by Crippen LogP contribution is 2.29. The van der Waals surface area contributed by atoms with E-state index in [1.54, 1.807) is 0 Å². The summed E-state index contributed by atoms with van der Waals surface area (Å²) >= 11 is 0. The first-order chi connectivity index (χ1) is 11.7. The van der Waals surface area contributed by atoms with Crippen molar-refractivity contribution >= 4 is 11.7 Å². The molecule has 5 heteroatoms. The number of nitrogens with zero attached hydrogens (tertiary/aromatic N) is 4. The van der Waals surface area contributed by atoms with Crippen LogP contribution in [0.25, 0.3) is 0 Å². The fourth-order valence-corrected chi connectivity index (χ4v) is 3.78. The molecule has 0 aliphatic carbocycles. The van der Waals surface area contributed by atoms with Crippen molar-refractivity contribution in [2.45, 2.75) is 71.8 Å². The predicted octanol–water partition coefficient (Wildman–Crippen LogP) is 3.24. The fraction of sp³-hybridized carbons (Fsp3) is 0.737. The van der Waals surface area contributed by atoms with Crippen LogP contribution in [-0.4, -0.2) is 40.4 Å². The number of rotatable bonds is 6. The molecule has 5 nitrogen and oxygen atoms in total. The first-order valence-corrected chi connectivity index (χ1v) is 9.58. The maximum absolute atomic E-state index is 12.5. The summed E-state index contributed by atoms with van der Waals surface area (Å²) in [4.78, 5) is 26.3. The van der Waals surface area contributed by atoms with E-state index in [4.69, 9.17) is 4.98 Å². The predicted molar refractivity (Wildman–Crippen MR) is 96.1 cm³/mol. The standard InChI is InChI=1S/C19H30N4O/c1-3-4-5-6-9-18(24)23-13-10-17-16(14-23)19(21-15(2)20-17)22-11-7-8-12-22/h3-14H2,1-2H3. The van der Waals surface area contributed by atoms with Gasteiger partial charge in [-0.05, 0) is 26.2 Å². The van der Waals surface area contributed by atoms with Gasteiger partial charge in [0, 0.05) is 38.0 Å². The SMILES string of the molecule is CCCCCCC(=O)N1CCc2nc(C)nc(N3CCCC3)c2C1. The first-order valence-electron chi connectivity index (χ1n) is 9.58. The molecule has 1 aromatic rings. The number of hydrogen-bond donors (Lipinski definition) is 0. The lowest BCUT2D eigenvalue weighted by Crippen LogP contribution is -2.38. The highest BCUT2D eigenvalue weighted by Gasteiger charge is 2.27. The maximum Gasteiger partial charge on any atom is 0.222 e. The van der Waals surface area contributed by atoms with Gasteiger partial charge in [0.1, 0.15) is 11.6 Å². The monoisotopic (exact) mass is 330 g/mol. The van der Waals surface area contributed by atoms with Crippen molar-refractivity contribution in [3.8, 4) is 0 Å². The van der Waals surface area contributed by atoms with Gasteiger partial charge in [-0.1, -0.05) is 26.2 Å². The number of carbonyl (C=O) groups is 1. The lowest BCUT2D eigenvalue weighted by molar-refractivity contribution is -0.132. The fourth-order valence-electron chi connectivity index (χ4n) is 3.78. The van der Waals surface area contributed by atoms with Gasteiger partial charge in [0.25, 0.3) is 0 Å². The van der Waals surface area contributed by atoms with Crippen molar-refractivity contribution in [1.82, 2.24) is 14.9 Å². The molecule has 1 fully saturated rings. The smallest absolute Gasteiger partial charge is 0.222 e. The second-order valence-electron chi connectivity index (χ2n) is 7.09. The van der Waals surface area contributed by atoms with Crippen LogP contribution in [0, 0.1) is 6.92 Å². The average molecular weight is 330 g/mol. The Hall–Kier alpha value is -1.65. The molecule has 132 valence electrons. The van der Waals surface area contributed by atoms with Crippen molar-refractivity contribution in [3.63, 3.8) is 0 Å². The molecule has 0 spiro atoms. The molecule has 1 saturated heterocycles. The van der Waals surface area contributed by atoms with E-state index >= 15 is 0 Å². The third-order valence-corrected chi connectivity index (χ3v) is 5.15. The third kappa shape index (κ3) is 3.87. The summed E-state index contributed by atoms with van der Waals surface area (Å²) in [7, 11) is 0. The van der Waals surface area contributed by atoms with Gasteiger partial charge in [-0.2, -0.15) is 0 Å². The third-order valence-electron chi connectivity index (χ3n) is 5.15. The van der Waals surface area contributed by atoms with Gasteiger partial charge in [-0.3, -0.25) is 4.79 Å². The Kier molecular flexibility index (Phi) is 5.69. The topological polar surface area (TPSA) is 49.3 Å². The minimum atomic E-state index is 0.296. The molecule has 3 heterocycles. The van der Waals surface area contributed by atoms with E-state index < -0.39 is 0 Å². The average Bonchev–Trinajstić information content (AvgIpc) is 3.12. The number of unbranched alkanes of at least 4 members (excludes halogenated alkanes) is 3. The molecule has 24 heavy (non-hydrogen) atoms. The highest BCUT2D eigenvalue weighted by molar-refractivity contribution is 5.76. The van der Waals surface area contributed by atoms with E-state index in [1.165, 1.54) is 31.2 Å². The Labute approximate surface area is 145 Å². The molecular formula is C19H30N4O. The zero-order chi connectivity index (χ0) is 16.9. The summed E-state index contributed by atoms with van der Waals surface area (Å²) < 4.78 is 0. The van der Waals surface area contributed by atoms with Gasteiger partial charge in [-0.25, -0.2) is 9.97 Å². The summed E-state index contributed by atoms with van der Waals surface area (Å²) in [5, 5.41) is 0. The van der Waals surface area contributed by atoms with E-state index in [0.717, 1.165) is 56.2 Å². The summed E-state index contributed by atoms with van der Waals surface area (Å²) in [6.07, 6.45) is 8.62. The molecule has 0 radical (unpaired) electrons. The van der Waals surface area contributed by atoms with Crippen LogP contribution in [0.15, 0.2) is 0 Å². The number of fused-ring (bicyclic) bond motifs is 1. The number of carbonyl (C=O) groups excluding carboxylic acids is 1. The van der Waals surface area contributed by atoms with Gasteiger partial charge in [0.15, 0.2) is 0 Å². The van der Waals surface area contributed by atoms with Crippen LogP contribution in [0.5, 0.6) is 0 Å². The second kappa shape index (κ2) is 7.95. The quantitative estimate of drug-likeness (QED) is 0.751. The Morgan fingerprint density at radius 3 is 2.62 bits per heavy atom. The van der Waals surface area contributed by atoms with Gasteiger partial charge in [0.05, 0.1) is 12.2 Å². The van der Waals surface area contributed by atoms with E-state index in [1.807, 2.05) is 11.8 Å². The molecule has 0 aromatic carbocycles. The van der Waals surface area contributed by atoms with E-state index in [9.17, 15) is 4.79 Å². The van der Waals surface area contributed by atoms with Crippen LogP contribution >= 0.6 is 0 Å². The Balaban J connectivity index is 1.70. The lowest BCUT2D eigenvalue weighted by atomic mass is 10.0. The maximum atomic E-state index is 12.5. The van der Waals surface area contributed by atoms with Crippen molar-refractivity contribution in [3.05, 3.63) is 17.1 Å². The van der Waals surface area contributed by atoms with Crippen LogP contribution in [0.3, 0.4) is 0 Å². The van der Waals surface area contributed by atoms with Crippen molar-refractivity contribution in [2.75, 3.05) is 24.5 Å². The molecule has 2 aliphatic heterocycles. The molecule has 0 N–H and O–H groups in total. The Bertz CT molecular complexity index is 581. The molecule has 1 aromatic heterocycles. The summed E-state index contributed by atoms with van der Waals surface area (Å²) in [5.74, 6) is 2.23. The van der Waals surface area contributed by atoms with Crippen LogP contribution in [-0.2, 0) is 17.8 Å². The molecule has 0 atom stereocenters. The van der Waals surface area contributed by atoms with Crippen molar-refractivity contribution < 1.29 is 4.79 Å². The number of hydrogen-bond acceptors (Lipinski definition) is 4. The van der Waals surface area contributed by atoms with Gasteiger partial charge < -0.3 is 9.80 Å². The summed E-state index contributed by atoms with van der Waals surface area (Å²) in [5.41, 5.74) is 2.34. The van der Waals surface area contributed by atoms with Crippen LogP contribution < -0.4 is 4.90 Å². The molecule has 3 rings (SSSR count). The van der Waals surface area contributed by atoms with Gasteiger partial charge >= 0.3 is 0 Å². The van der Waals surface area contributed by atoms with E-state index in [-0.39, 0.29) is 0 Å². The molecule has 0 unspecified atom stereocenters. The second-order valence-corrected chi connectivity index (χ2v) is 7.09. The highest BCUT2D eigenvalue weighted by atomic mass is 16.2. The minimum absolute atomic E-state index is 0.296. The molecule has 1 amide bonds. The molecule has 2 aliphatic rings. The van der Waals surface area contributed by atoms with Gasteiger partial charge in [0.2, 0.25) is 5.91 Å². The Morgan fingerprint density at radius 2 is 1.88 bits per heavy atom. The zero-order valence-corrected chi connectivity index (χ0v) is 15.2. The van der Waals surface area contributed by atoms with Gasteiger partial charge in [-0.15, -0.1) is 0 Å². The summed E-state index contributed by atoms with van der Waals surface area (Å²) in [6.45, 7) is 7.82. The first kappa shape index (κ1) is 17.2.